The molecule has 3 aromatic rings. The number of pyridine rings is 1. The zero-order valence-electron chi connectivity index (χ0n) is 28.3. The van der Waals surface area contributed by atoms with Crippen LogP contribution in [0.1, 0.15) is 39.5 Å². The number of hydrogen-bond acceptors (Lipinski definition) is 9. The van der Waals surface area contributed by atoms with E-state index in [-0.39, 0.29) is 0 Å². The zero-order valence-corrected chi connectivity index (χ0v) is 29.9. The number of allylic oxidation sites excluding steroid dienone is 3. The maximum absolute atomic E-state index is 4.45. The second-order valence-electron chi connectivity index (χ2n) is 11.4. The summed E-state index contributed by atoms with van der Waals surface area (Å²) in [6.45, 7) is 8.67. The van der Waals surface area contributed by atoms with Crippen molar-refractivity contribution in [2.75, 3.05) is 54.5 Å². The molecule has 0 N–H and O–H groups in total. The van der Waals surface area contributed by atoms with Crippen LogP contribution in [0.25, 0.3) is 0 Å². The van der Waals surface area contributed by atoms with E-state index >= 15 is 0 Å². The summed E-state index contributed by atoms with van der Waals surface area (Å²) in [5, 5.41) is 17.7. The van der Waals surface area contributed by atoms with Crippen LogP contribution in [0.3, 0.4) is 0 Å². The van der Waals surface area contributed by atoms with Crippen molar-refractivity contribution in [1.29, 1.82) is 0 Å². The van der Waals surface area contributed by atoms with Crippen molar-refractivity contribution >= 4 is 50.0 Å². The Labute approximate surface area is 289 Å². The Morgan fingerprint density at radius 3 is 1.64 bits per heavy atom. The van der Waals surface area contributed by atoms with Crippen molar-refractivity contribution in [2.45, 2.75) is 39.5 Å². The third-order valence-corrected chi connectivity index (χ3v) is 9.92. The van der Waals surface area contributed by atoms with Gasteiger partial charge in [0.15, 0.2) is 12.4 Å². The summed E-state index contributed by atoms with van der Waals surface area (Å²) in [6.07, 6.45) is 18.5. The van der Waals surface area contributed by atoms with Gasteiger partial charge in [-0.25, -0.2) is 4.57 Å². The molecule has 0 amide bonds. The average molecular weight is 670 g/mol. The highest BCUT2D eigenvalue weighted by Crippen LogP contribution is 2.27. The first-order valence-corrected chi connectivity index (χ1v) is 19.0. The van der Waals surface area contributed by atoms with Gasteiger partial charge < -0.3 is 14.7 Å². The first-order valence-electron chi connectivity index (χ1n) is 16.6. The lowest BCUT2D eigenvalue weighted by atomic mass is 10.2. The Balaban J connectivity index is 1.23. The van der Waals surface area contributed by atoms with E-state index in [2.05, 4.69) is 92.6 Å². The van der Waals surface area contributed by atoms with E-state index in [1.807, 2.05) is 100 Å². The van der Waals surface area contributed by atoms with Gasteiger partial charge in [-0.15, -0.1) is 0 Å². The summed E-state index contributed by atoms with van der Waals surface area (Å²) in [4.78, 5) is 6.99. The number of nitrogens with zero attached hydrogens (tertiary/aromatic N) is 8. The number of azo groups is 2. The average Bonchev–Trinajstić information content (AvgIpc) is 3.32. The van der Waals surface area contributed by atoms with E-state index in [0.717, 1.165) is 60.4 Å². The van der Waals surface area contributed by atoms with E-state index in [1.54, 1.807) is 0 Å². The van der Waals surface area contributed by atoms with Crippen LogP contribution in [0.15, 0.2) is 130 Å². The van der Waals surface area contributed by atoms with E-state index in [4.69, 9.17) is 0 Å². The minimum atomic E-state index is 0.830. The topological polar surface area (TPSA) is 63.0 Å². The summed E-state index contributed by atoms with van der Waals surface area (Å²) in [5.74, 6) is 2.15. The molecule has 47 heavy (non-hydrogen) atoms. The maximum Gasteiger partial charge on any atom is 0.170 e. The number of hydrogen-bond donors (Lipinski definition) is 0. The van der Waals surface area contributed by atoms with Gasteiger partial charge in [0.25, 0.3) is 0 Å². The van der Waals surface area contributed by atoms with Crippen molar-refractivity contribution in [3.8, 4) is 0 Å². The molecule has 1 aliphatic rings. The third-order valence-electron chi connectivity index (χ3n) is 7.56. The predicted octanol–water partition coefficient (Wildman–Crippen LogP) is 10.2. The number of aromatic nitrogens is 1. The lowest BCUT2D eigenvalue weighted by Gasteiger charge is -2.25. The van der Waals surface area contributed by atoms with Crippen LogP contribution in [-0.2, 0) is 7.05 Å². The minimum absolute atomic E-state index is 0.830. The molecule has 0 bridgehead atoms. The van der Waals surface area contributed by atoms with Crippen LogP contribution in [0.2, 0.25) is 0 Å². The second-order valence-corrected chi connectivity index (χ2v) is 14.1. The minimum Gasteiger partial charge on any atom is -0.371 e. The number of unbranched alkanes of at least 4 members (excludes halogenated alkanes) is 2. The maximum atomic E-state index is 4.45. The van der Waals surface area contributed by atoms with Gasteiger partial charge in [-0.3, -0.25) is 0 Å². The van der Waals surface area contributed by atoms with Crippen LogP contribution in [0.4, 0.5) is 28.4 Å². The Bertz CT molecular complexity index is 1480. The van der Waals surface area contributed by atoms with Crippen molar-refractivity contribution in [3.63, 3.8) is 0 Å². The molecule has 0 aliphatic carbocycles. The monoisotopic (exact) mass is 669 g/mol. The molecular formula is C37H49N8S2+. The molecule has 248 valence electrons. The van der Waals surface area contributed by atoms with E-state index in [0.29, 0.717) is 0 Å². The zero-order chi connectivity index (χ0) is 33.1. The van der Waals surface area contributed by atoms with Crippen molar-refractivity contribution < 1.29 is 4.57 Å². The standard InChI is InChI=1S/C37H49N8S2/c1-5-7-23-44(36-15-11-33(12-16-36)39-38-32-10-9-22-42(3)25-19-32)28-30-46-47-31-29-45(24-8-6-2)37-17-13-34(14-18-37)40-41-35-20-26-43(4)27-21-35/h9-22,25-27H,5-8,23-24,28-31H2,1-4H3/q+1/b39-38+. The van der Waals surface area contributed by atoms with Crippen molar-refractivity contribution in [2.24, 2.45) is 27.5 Å². The van der Waals surface area contributed by atoms with Gasteiger partial charge in [0.2, 0.25) is 0 Å². The molecule has 8 nitrogen and oxygen atoms in total. The summed E-state index contributed by atoms with van der Waals surface area (Å²) in [5.41, 5.74) is 5.89. The highest BCUT2D eigenvalue weighted by atomic mass is 33.1. The van der Waals surface area contributed by atoms with Crippen LogP contribution in [0.5, 0.6) is 0 Å². The summed E-state index contributed by atoms with van der Waals surface area (Å²) < 4.78 is 1.99. The third kappa shape index (κ3) is 13.0. The molecule has 0 saturated heterocycles. The quantitative estimate of drug-likeness (QED) is 0.0550. The molecule has 0 atom stereocenters. The van der Waals surface area contributed by atoms with Crippen molar-refractivity contribution in [3.05, 3.63) is 109 Å². The van der Waals surface area contributed by atoms with Crippen LogP contribution < -0.4 is 14.4 Å². The van der Waals surface area contributed by atoms with E-state index in [1.165, 1.54) is 37.1 Å². The molecule has 0 fully saturated rings. The van der Waals surface area contributed by atoms with E-state index in [9.17, 15) is 0 Å². The molecule has 1 aromatic heterocycles. The van der Waals surface area contributed by atoms with Crippen LogP contribution in [-0.4, -0.2) is 49.6 Å². The number of benzene rings is 2. The summed E-state index contributed by atoms with van der Waals surface area (Å²) in [7, 11) is 7.93. The lowest BCUT2D eigenvalue weighted by molar-refractivity contribution is -0.671. The molecule has 0 saturated carbocycles. The van der Waals surface area contributed by atoms with Crippen LogP contribution >= 0.6 is 21.6 Å². The summed E-state index contributed by atoms with van der Waals surface area (Å²) >= 11 is 0. The smallest absolute Gasteiger partial charge is 0.170 e. The van der Waals surface area contributed by atoms with Gasteiger partial charge in [0.05, 0.1) is 22.8 Å². The van der Waals surface area contributed by atoms with E-state index < -0.39 is 0 Å². The molecule has 2 heterocycles. The predicted molar refractivity (Wildman–Crippen MR) is 202 cm³/mol. The van der Waals surface area contributed by atoms with Gasteiger partial charge in [-0.05, 0) is 79.6 Å². The highest BCUT2D eigenvalue weighted by molar-refractivity contribution is 8.76. The van der Waals surface area contributed by atoms with Gasteiger partial charge in [0, 0.05) is 80.6 Å². The molecule has 0 unspecified atom stereocenters. The lowest BCUT2D eigenvalue weighted by Crippen LogP contribution is -2.27. The Morgan fingerprint density at radius 2 is 1.13 bits per heavy atom. The van der Waals surface area contributed by atoms with Crippen molar-refractivity contribution in [1.82, 2.24) is 4.90 Å². The Hall–Kier alpha value is -3.89. The van der Waals surface area contributed by atoms with Crippen LogP contribution in [0, 0.1) is 0 Å². The molecule has 0 spiro atoms. The molecule has 2 aromatic carbocycles. The summed E-state index contributed by atoms with van der Waals surface area (Å²) in [6, 6.07) is 20.9. The molecular weight excluding hydrogens is 621 g/mol. The Morgan fingerprint density at radius 1 is 0.638 bits per heavy atom. The van der Waals surface area contributed by atoms with Gasteiger partial charge in [-0.2, -0.15) is 20.5 Å². The molecule has 1 aliphatic heterocycles. The highest BCUT2D eigenvalue weighted by Gasteiger charge is 2.09. The Kier molecular flexibility index (Phi) is 15.6. The SMILES string of the molecule is CCCCN(CCSSCCN(CCCC)c1ccc(/N=N/C2=CC=CN(C)C=C2)cc1)c1ccc(N=Nc2cc[n+](C)cc2)cc1. The number of anilines is 2. The molecule has 10 heteroatoms. The fourth-order valence-corrected chi connectivity index (χ4v) is 6.72. The van der Waals surface area contributed by atoms with Gasteiger partial charge >= 0.3 is 0 Å². The van der Waals surface area contributed by atoms with Gasteiger partial charge in [-0.1, -0.05) is 48.3 Å². The fourth-order valence-electron chi connectivity index (χ4n) is 4.74. The first kappa shape index (κ1) is 36.0. The fraction of sp³-hybridized carbons (Fsp3) is 0.378. The number of aryl methyl sites for hydroxylation is 1. The molecule has 4 rings (SSSR count). The second kappa shape index (κ2) is 20.4. The normalized spacial score (nSPS) is 13.0. The van der Waals surface area contributed by atoms with Gasteiger partial charge in [0.1, 0.15) is 7.05 Å². The number of rotatable bonds is 19. The largest absolute Gasteiger partial charge is 0.371 e. The first-order chi connectivity index (χ1) is 23.0. The molecule has 0 radical (unpaired) electrons.